The first-order valence-corrected chi connectivity index (χ1v) is 11.4. The van der Waals surface area contributed by atoms with Crippen LogP contribution in [0.4, 0.5) is 10.1 Å². The van der Waals surface area contributed by atoms with Gasteiger partial charge in [0, 0.05) is 12.1 Å². The van der Waals surface area contributed by atoms with Gasteiger partial charge in [0.05, 0.1) is 22.3 Å². The fourth-order valence-corrected chi connectivity index (χ4v) is 4.97. The molecule has 0 bridgehead atoms. The van der Waals surface area contributed by atoms with E-state index in [9.17, 15) is 17.6 Å². The fourth-order valence-electron chi connectivity index (χ4n) is 3.34. The highest BCUT2D eigenvalue weighted by Gasteiger charge is 2.40. The molecule has 3 aromatic carbocycles. The Morgan fingerprint density at radius 3 is 2.34 bits per heavy atom. The van der Waals surface area contributed by atoms with E-state index in [4.69, 9.17) is 11.0 Å². The number of nitrogens with two attached hydrogens (primary N) is 1. The fraction of sp³-hybridized carbons (Fsp3) is 0.167. The molecule has 0 saturated heterocycles. The van der Waals surface area contributed by atoms with E-state index < -0.39 is 32.9 Å². The molecule has 32 heavy (non-hydrogen) atoms. The van der Waals surface area contributed by atoms with E-state index in [1.807, 2.05) is 6.07 Å². The minimum absolute atomic E-state index is 0.0324. The molecule has 0 heterocycles. The number of hydrogen-bond acceptors (Lipinski definition) is 5. The van der Waals surface area contributed by atoms with Gasteiger partial charge in [-0.3, -0.25) is 4.79 Å². The molecule has 0 unspecified atom stereocenters. The second kappa shape index (κ2) is 9.30. The Bertz CT molecular complexity index is 1270. The first-order valence-electron chi connectivity index (χ1n) is 9.76. The number of aryl methyl sites for hydroxylation is 1. The molecule has 1 atom stereocenters. The van der Waals surface area contributed by atoms with Gasteiger partial charge in [-0.1, -0.05) is 30.3 Å². The maximum atomic E-state index is 13.3. The van der Waals surface area contributed by atoms with E-state index in [1.165, 1.54) is 0 Å². The summed E-state index contributed by atoms with van der Waals surface area (Å²) in [5, 5.41) is 11.8. The minimum atomic E-state index is -4.01. The average molecular weight is 452 g/mol. The Morgan fingerprint density at radius 1 is 1.09 bits per heavy atom. The van der Waals surface area contributed by atoms with Gasteiger partial charge in [0.25, 0.3) is 0 Å². The lowest BCUT2D eigenvalue weighted by molar-refractivity contribution is -0.120. The van der Waals surface area contributed by atoms with Crippen molar-refractivity contribution >= 4 is 21.4 Å². The van der Waals surface area contributed by atoms with Crippen molar-refractivity contribution in [3.8, 4) is 6.07 Å². The van der Waals surface area contributed by atoms with Crippen molar-refractivity contribution in [2.45, 2.75) is 23.8 Å². The quantitative estimate of drug-likeness (QED) is 0.535. The summed E-state index contributed by atoms with van der Waals surface area (Å²) in [6.45, 7) is 1.73. The molecule has 0 saturated carbocycles. The third kappa shape index (κ3) is 5.38. The molecule has 3 rings (SSSR count). The minimum Gasteiger partial charge on any atom is -0.324 e. The molecule has 0 aliphatic heterocycles. The molecule has 3 aromatic rings. The van der Waals surface area contributed by atoms with Crippen molar-refractivity contribution in [1.82, 2.24) is 0 Å². The second-order valence-corrected chi connectivity index (χ2v) is 9.62. The number of hydrogen-bond donors (Lipinski definition) is 2. The predicted molar refractivity (Wildman–Crippen MR) is 120 cm³/mol. The summed E-state index contributed by atoms with van der Waals surface area (Å²) in [6.07, 6.45) is -0.0324. The van der Waals surface area contributed by atoms with Crippen molar-refractivity contribution in [3.63, 3.8) is 0 Å². The van der Waals surface area contributed by atoms with Gasteiger partial charge in [-0.2, -0.15) is 5.26 Å². The third-order valence-electron chi connectivity index (χ3n) is 5.04. The summed E-state index contributed by atoms with van der Waals surface area (Å²) >= 11 is 0. The van der Waals surface area contributed by atoms with Crippen LogP contribution in [0.5, 0.6) is 0 Å². The van der Waals surface area contributed by atoms with E-state index in [2.05, 4.69) is 5.32 Å². The van der Waals surface area contributed by atoms with E-state index in [1.54, 1.807) is 55.5 Å². The topological polar surface area (TPSA) is 113 Å². The Balaban J connectivity index is 1.94. The van der Waals surface area contributed by atoms with Crippen LogP contribution < -0.4 is 11.1 Å². The molecule has 1 amide bonds. The van der Waals surface area contributed by atoms with Crippen molar-refractivity contribution in [3.05, 3.63) is 95.3 Å². The normalized spacial score (nSPS) is 13.1. The predicted octanol–water partition coefficient (Wildman–Crippen LogP) is 3.36. The van der Waals surface area contributed by atoms with E-state index in [-0.39, 0.29) is 11.3 Å². The van der Waals surface area contributed by atoms with Gasteiger partial charge < -0.3 is 11.1 Å². The van der Waals surface area contributed by atoms with Crippen LogP contribution in [0.3, 0.4) is 0 Å². The number of amides is 1. The molecular formula is C24H22FN3O3S. The Hall–Kier alpha value is -3.54. The zero-order valence-corrected chi connectivity index (χ0v) is 18.2. The maximum absolute atomic E-state index is 13.3. The van der Waals surface area contributed by atoms with Crippen LogP contribution in [0.25, 0.3) is 0 Å². The third-order valence-corrected chi connectivity index (χ3v) is 6.93. The summed E-state index contributed by atoms with van der Waals surface area (Å²) in [6, 6.07) is 20.0. The number of halogens is 1. The molecular weight excluding hydrogens is 429 g/mol. The molecule has 164 valence electrons. The van der Waals surface area contributed by atoms with Crippen LogP contribution in [0, 0.1) is 24.1 Å². The summed E-state index contributed by atoms with van der Waals surface area (Å²) < 4.78 is 39.3. The lowest BCUT2D eigenvalue weighted by atomic mass is 9.92. The second-order valence-electron chi connectivity index (χ2n) is 7.63. The average Bonchev–Trinajstić information content (AvgIpc) is 2.74. The van der Waals surface area contributed by atoms with Crippen molar-refractivity contribution in [2.75, 3.05) is 11.1 Å². The van der Waals surface area contributed by atoms with E-state index >= 15 is 0 Å². The highest BCUT2D eigenvalue weighted by atomic mass is 32.2. The van der Waals surface area contributed by atoms with Gasteiger partial charge in [-0.15, -0.1) is 0 Å². The number of anilines is 1. The summed E-state index contributed by atoms with van der Waals surface area (Å²) in [7, 11) is -4.01. The summed E-state index contributed by atoms with van der Waals surface area (Å²) in [4.78, 5) is 13.1. The van der Waals surface area contributed by atoms with E-state index in [0.29, 0.717) is 22.4 Å². The Kier molecular flexibility index (Phi) is 6.72. The van der Waals surface area contributed by atoms with Gasteiger partial charge in [-0.05, 0) is 60.5 Å². The highest BCUT2D eigenvalue weighted by Crippen LogP contribution is 2.22. The smallest absolute Gasteiger partial charge is 0.245 e. The summed E-state index contributed by atoms with van der Waals surface area (Å²) in [5.74, 6) is -1.93. The molecule has 6 nitrogen and oxygen atoms in total. The number of carbonyl (C=O) groups is 1. The lowest BCUT2D eigenvalue weighted by Crippen LogP contribution is -2.57. The number of nitrogens with one attached hydrogen (secondary N) is 1. The van der Waals surface area contributed by atoms with Crippen molar-refractivity contribution in [1.29, 1.82) is 5.26 Å². The highest BCUT2D eigenvalue weighted by molar-refractivity contribution is 7.91. The van der Waals surface area contributed by atoms with Gasteiger partial charge in [0.2, 0.25) is 5.91 Å². The molecule has 3 N–H and O–H groups in total. The van der Waals surface area contributed by atoms with E-state index in [0.717, 1.165) is 24.3 Å². The number of carbonyl (C=O) groups excluding carboxylic acids is 1. The number of nitrogens with zero attached hydrogens (tertiary/aromatic N) is 1. The van der Waals surface area contributed by atoms with Crippen LogP contribution in [-0.4, -0.2) is 25.6 Å². The maximum Gasteiger partial charge on any atom is 0.245 e. The van der Waals surface area contributed by atoms with Gasteiger partial charge in [0.15, 0.2) is 9.84 Å². The van der Waals surface area contributed by atoms with Gasteiger partial charge in [0.1, 0.15) is 11.4 Å². The van der Waals surface area contributed by atoms with Gasteiger partial charge in [-0.25, -0.2) is 12.8 Å². The molecule has 0 aliphatic rings. The number of benzene rings is 3. The number of rotatable bonds is 7. The molecule has 0 radical (unpaired) electrons. The van der Waals surface area contributed by atoms with Crippen LogP contribution in [0.1, 0.15) is 16.7 Å². The van der Waals surface area contributed by atoms with Crippen molar-refractivity contribution < 1.29 is 17.6 Å². The first kappa shape index (κ1) is 23.1. The van der Waals surface area contributed by atoms with Crippen LogP contribution in [0.2, 0.25) is 0 Å². The number of sulfone groups is 1. The zero-order chi connectivity index (χ0) is 23.4. The SMILES string of the molecule is Cc1cc(NC(=O)[C@](N)(Cc2ccccc2)CS(=O)(=O)c2ccc(F)cc2)ccc1C#N. The molecule has 0 aromatic heterocycles. The molecule has 8 heteroatoms. The molecule has 0 aliphatic carbocycles. The molecule has 0 fully saturated rings. The largest absolute Gasteiger partial charge is 0.324 e. The standard InChI is InChI=1S/C24H22FN3O3S/c1-17-13-21(10-7-19(17)15-26)28-23(29)24(27,14-18-5-3-2-4-6-18)16-32(30,31)22-11-8-20(25)9-12-22/h2-13H,14,16,27H2,1H3,(H,28,29)/t24-/m0/s1. The summed E-state index contributed by atoms with van der Waals surface area (Å²) in [5.41, 5.74) is 6.85. The lowest BCUT2D eigenvalue weighted by Gasteiger charge is -2.28. The van der Waals surface area contributed by atoms with Crippen LogP contribution in [-0.2, 0) is 21.1 Å². The zero-order valence-electron chi connectivity index (χ0n) is 17.4. The Morgan fingerprint density at radius 2 is 1.75 bits per heavy atom. The van der Waals surface area contributed by atoms with Gasteiger partial charge >= 0.3 is 0 Å². The first-order chi connectivity index (χ1) is 15.1. The Labute approximate surface area is 186 Å². The molecule has 0 spiro atoms. The van der Waals surface area contributed by atoms with Crippen LogP contribution >= 0.6 is 0 Å². The van der Waals surface area contributed by atoms with Crippen LogP contribution in [0.15, 0.2) is 77.7 Å². The monoisotopic (exact) mass is 451 g/mol. The van der Waals surface area contributed by atoms with Crippen molar-refractivity contribution in [2.24, 2.45) is 5.73 Å². The number of nitriles is 1.